The number of halogens is 2. The standard InChI is InChI=1S/C24H25F2N3O4/c25-24(26)33-20-7-2-1-6-19(20)23(32)28-13-3-5-16(15-28)22(31)27-17-9-11-18(12-10-17)29-14-4-8-21(29)30/h1-2,6-7,9-12,16,24H,3-5,8,13-15H2,(H,27,31). The fourth-order valence-electron chi connectivity index (χ4n) is 4.28. The van der Waals surface area contributed by atoms with Crippen molar-refractivity contribution in [2.24, 2.45) is 5.92 Å². The molecule has 1 unspecified atom stereocenters. The van der Waals surface area contributed by atoms with Crippen LogP contribution in [0.2, 0.25) is 0 Å². The molecular formula is C24H25F2N3O4. The van der Waals surface area contributed by atoms with Crippen LogP contribution in [0.5, 0.6) is 5.75 Å². The van der Waals surface area contributed by atoms with Crippen LogP contribution in [0.15, 0.2) is 48.5 Å². The van der Waals surface area contributed by atoms with Crippen molar-refractivity contribution in [3.63, 3.8) is 0 Å². The molecule has 0 spiro atoms. The van der Waals surface area contributed by atoms with Gasteiger partial charge in [-0.25, -0.2) is 0 Å². The summed E-state index contributed by atoms with van der Waals surface area (Å²) in [5.74, 6) is -1.16. The highest BCUT2D eigenvalue weighted by Crippen LogP contribution is 2.27. The minimum Gasteiger partial charge on any atom is -0.434 e. The molecule has 0 saturated carbocycles. The third-order valence-corrected chi connectivity index (χ3v) is 5.93. The van der Waals surface area contributed by atoms with Crippen molar-refractivity contribution < 1.29 is 27.9 Å². The fourth-order valence-corrected chi connectivity index (χ4v) is 4.28. The summed E-state index contributed by atoms with van der Waals surface area (Å²) >= 11 is 0. The molecule has 2 fully saturated rings. The van der Waals surface area contributed by atoms with Crippen molar-refractivity contribution in [2.75, 3.05) is 29.9 Å². The van der Waals surface area contributed by atoms with Crippen molar-refractivity contribution in [3.8, 4) is 5.75 Å². The number of carbonyl (C=O) groups is 3. The maximum atomic E-state index is 13.0. The number of nitrogens with zero attached hydrogens (tertiary/aromatic N) is 2. The van der Waals surface area contributed by atoms with Crippen LogP contribution < -0.4 is 15.0 Å². The number of hydrogen-bond acceptors (Lipinski definition) is 4. The number of carbonyl (C=O) groups excluding carboxylic acids is 3. The third kappa shape index (κ3) is 5.30. The average Bonchev–Trinajstić information content (AvgIpc) is 3.25. The maximum absolute atomic E-state index is 13.0. The second-order valence-electron chi connectivity index (χ2n) is 8.15. The zero-order valence-corrected chi connectivity index (χ0v) is 18.0. The molecule has 0 aliphatic carbocycles. The van der Waals surface area contributed by atoms with E-state index in [1.165, 1.54) is 23.1 Å². The average molecular weight is 457 g/mol. The van der Waals surface area contributed by atoms with Crippen molar-refractivity contribution in [2.45, 2.75) is 32.3 Å². The van der Waals surface area contributed by atoms with E-state index in [0.29, 0.717) is 38.0 Å². The Morgan fingerprint density at radius 3 is 2.48 bits per heavy atom. The number of piperidine rings is 1. The molecule has 33 heavy (non-hydrogen) atoms. The Balaban J connectivity index is 1.39. The van der Waals surface area contributed by atoms with Crippen LogP contribution in [0.3, 0.4) is 0 Å². The van der Waals surface area contributed by atoms with Crippen molar-refractivity contribution in [1.82, 2.24) is 4.90 Å². The van der Waals surface area contributed by atoms with Gasteiger partial charge in [-0.1, -0.05) is 12.1 Å². The van der Waals surface area contributed by atoms with Gasteiger partial charge in [0.25, 0.3) is 5.91 Å². The van der Waals surface area contributed by atoms with Gasteiger partial charge in [-0.05, 0) is 55.7 Å². The van der Waals surface area contributed by atoms with Gasteiger partial charge < -0.3 is 19.9 Å². The number of ether oxygens (including phenoxy) is 1. The zero-order chi connectivity index (χ0) is 23.4. The highest BCUT2D eigenvalue weighted by Gasteiger charge is 2.30. The van der Waals surface area contributed by atoms with Crippen LogP contribution in [-0.2, 0) is 9.59 Å². The van der Waals surface area contributed by atoms with E-state index in [1.54, 1.807) is 35.2 Å². The molecule has 0 aromatic heterocycles. The van der Waals surface area contributed by atoms with Gasteiger partial charge in [0, 0.05) is 37.4 Å². The molecule has 1 N–H and O–H groups in total. The van der Waals surface area contributed by atoms with Crippen molar-refractivity contribution in [1.29, 1.82) is 0 Å². The van der Waals surface area contributed by atoms with Gasteiger partial charge in [-0.3, -0.25) is 14.4 Å². The van der Waals surface area contributed by atoms with Gasteiger partial charge in [0.1, 0.15) is 5.75 Å². The van der Waals surface area contributed by atoms with Gasteiger partial charge in [-0.2, -0.15) is 8.78 Å². The molecule has 3 amide bonds. The molecule has 7 nitrogen and oxygen atoms in total. The molecule has 0 bridgehead atoms. The lowest BCUT2D eigenvalue weighted by atomic mass is 9.96. The lowest BCUT2D eigenvalue weighted by Gasteiger charge is -2.32. The zero-order valence-electron chi connectivity index (χ0n) is 18.0. The molecule has 4 rings (SSSR count). The van der Waals surface area contributed by atoms with Crippen LogP contribution >= 0.6 is 0 Å². The molecule has 2 saturated heterocycles. The molecule has 2 heterocycles. The Kier molecular flexibility index (Phi) is 6.86. The fraction of sp³-hybridized carbons (Fsp3) is 0.375. The summed E-state index contributed by atoms with van der Waals surface area (Å²) in [6.45, 7) is -1.71. The minimum atomic E-state index is -3.03. The number of hydrogen-bond donors (Lipinski definition) is 1. The van der Waals surface area contributed by atoms with Gasteiger partial charge >= 0.3 is 6.61 Å². The first-order valence-electron chi connectivity index (χ1n) is 11.0. The van der Waals surface area contributed by atoms with Gasteiger partial charge in [-0.15, -0.1) is 0 Å². The topological polar surface area (TPSA) is 79.0 Å². The SMILES string of the molecule is O=C(Nc1ccc(N2CCCC2=O)cc1)C1CCCN(C(=O)c2ccccc2OC(F)F)C1. The lowest BCUT2D eigenvalue weighted by Crippen LogP contribution is -2.43. The van der Waals surface area contributed by atoms with Crippen molar-refractivity contribution in [3.05, 3.63) is 54.1 Å². The van der Waals surface area contributed by atoms with Crippen molar-refractivity contribution >= 4 is 29.1 Å². The molecule has 174 valence electrons. The Morgan fingerprint density at radius 2 is 1.79 bits per heavy atom. The number of benzene rings is 2. The van der Waals surface area contributed by atoms with E-state index < -0.39 is 18.4 Å². The number of anilines is 2. The molecule has 2 aromatic rings. The lowest BCUT2D eigenvalue weighted by molar-refractivity contribution is -0.121. The molecule has 2 aromatic carbocycles. The Morgan fingerprint density at radius 1 is 1.03 bits per heavy atom. The molecule has 2 aliphatic heterocycles. The summed E-state index contributed by atoms with van der Waals surface area (Å²) in [6.07, 6.45) is 2.63. The second-order valence-corrected chi connectivity index (χ2v) is 8.15. The summed E-state index contributed by atoms with van der Waals surface area (Å²) < 4.78 is 29.9. The Hall–Kier alpha value is -3.49. The quantitative estimate of drug-likeness (QED) is 0.714. The van der Waals surface area contributed by atoms with Crippen LogP contribution in [0.25, 0.3) is 0 Å². The third-order valence-electron chi connectivity index (χ3n) is 5.93. The summed E-state index contributed by atoms with van der Waals surface area (Å²) in [5.41, 5.74) is 1.45. The summed E-state index contributed by atoms with van der Waals surface area (Å²) in [7, 11) is 0. The van der Waals surface area contributed by atoms with E-state index >= 15 is 0 Å². The smallest absolute Gasteiger partial charge is 0.387 e. The largest absolute Gasteiger partial charge is 0.434 e. The molecular weight excluding hydrogens is 432 g/mol. The van der Waals surface area contributed by atoms with Gasteiger partial charge in [0.2, 0.25) is 11.8 Å². The van der Waals surface area contributed by atoms with E-state index in [0.717, 1.165) is 12.1 Å². The van der Waals surface area contributed by atoms with Gasteiger partial charge in [0.05, 0.1) is 11.5 Å². The van der Waals surface area contributed by atoms with Gasteiger partial charge in [0.15, 0.2) is 0 Å². The van der Waals surface area contributed by atoms with E-state index in [4.69, 9.17) is 0 Å². The first-order chi connectivity index (χ1) is 15.9. The van der Waals surface area contributed by atoms with E-state index in [9.17, 15) is 23.2 Å². The van der Waals surface area contributed by atoms with E-state index in [2.05, 4.69) is 10.1 Å². The Labute approximate surface area is 190 Å². The number of nitrogens with one attached hydrogen (secondary N) is 1. The Bertz CT molecular complexity index is 1030. The summed E-state index contributed by atoms with van der Waals surface area (Å²) in [4.78, 5) is 40.9. The maximum Gasteiger partial charge on any atom is 0.387 e. The molecule has 9 heteroatoms. The number of para-hydroxylation sites is 1. The van der Waals surface area contributed by atoms with Crippen LogP contribution in [0.4, 0.5) is 20.2 Å². The normalized spacial score (nSPS) is 18.5. The summed E-state index contributed by atoms with van der Waals surface area (Å²) in [5, 5.41) is 2.87. The molecule has 1 atom stereocenters. The first kappa shape index (κ1) is 22.7. The molecule has 2 aliphatic rings. The van der Waals surface area contributed by atoms with E-state index in [1.807, 2.05) is 0 Å². The number of amides is 3. The highest BCUT2D eigenvalue weighted by atomic mass is 19.3. The van der Waals surface area contributed by atoms with Crippen LogP contribution in [0, 0.1) is 5.92 Å². The number of likely N-dealkylation sites (tertiary alicyclic amines) is 1. The second kappa shape index (κ2) is 9.97. The monoisotopic (exact) mass is 457 g/mol. The first-order valence-corrected chi connectivity index (χ1v) is 11.0. The predicted octanol–water partition coefficient (Wildman–Crippen LogP) is 3.91. The number of rotatable bonds is 6. The van der Waals surface area contributed by atoms with Crippen LogP contribution in [0.1, 0.15) is 36.0 Å². The van der Waals surface area contributed by atoms with Crippen LogP contribution in [-0.4, -0.2) is 48.9 Å². The molecule has 0 radical (unpaired) electrons. The van der Waals surface area contributed by atoms with E-state index in [-0.39, 0.29) is 29.7 Å². The highest BCUT2D eigenvalue weighted by molar-refractivity contribution is 5.98. The predicted molar refractivity (Wildman–Crippen MR) is 118 cm³/mol. The number of alkyl halides is 2. The minimum absolute atomic E-state index is 0.0471. The summed E-state index contributed by atoms with van der Waals surface area (Å²) in [6, 6.07) is 13.0.